The zero-order valence-corrected chi connectivity index (χ0v) is 16.5. The lowest BCUT2D eigenvalue weighted by atomic mass is 10.1. The quantitative estimate of drug-likeness (QED) is 0.580. The van der Waals surface area contributed by atoms with E-state index in [1.165, 1.54) is 7.11 Å². The maximum atomic E-state index is 11.3. The number of aromatic nitrogens is 3. The first-order valence-corrected chi connectivity index (χ1v) is 9.22. The average molecular weight is 397 g/mol. The highest BCUT2D eigenvalue weighted by Crippen LogP contribution is 2.27. The van der Waals surface area contributed by atoms with Gasteiger partial charge in [-0.15, -0.1) is 0 Å². The van der Waals surface area contributed by atoms with Crippen molar-refractivity contribution in [1.29, 1.82) is 0 Å². The Bertz CT molecular complexity index is 994. The van der Waals surface area contributed by atoms with Crippen molar-refractivity contribution < 1.29 is 19.0 Å². The van der Waals surface area contributed by atoms with Gasteiger partial charge in [-0.3, -0.25) is 5.32 Å². The van der Waals surface area contributed by atoms with E-state index in [1.807, 2.05) is 38.1 Å². The SMILES string of the molecule is CCOC(CC)Oc1nc(N)nc2ccc(-c3ccc(NC(=O)OC)cc3)nc12. The number of fused-ring (bicyclic) bond motifs is 1. The first-order chi connectivity index (χ1) is 14.0. The summed E-state index contributed by atoms with van der Waals surface area (Å²) in [6, 6.07) is 10.8. The Morgan fingerprint density at radius 1 is 1.10 bits per heavy atom. The highest BCUT2D eigenvalue weighted by molar-refractivity contribution is 5.86. The second-order valence-electron chi connectivity index (χ2n) is 6.06. The molecule has 1 unspecified atom stereocenters. The lowest BCUT2D eigenvalue weighted by Crippen LogP contribution is -2.20. The van der Waals surface area contributed by atoms with E-state index in [0.717, 1.165) is 5.56 Å². The minimum Gasteiger partial charge on any atom is -0.453 e. The predicted molar refractivity (Wildman–Crippen MR) is 110 cm³/mol. The molecular formula is C20H23N5O4. The Hall–Kier alpha value is -3.46. The highest BCUT2D eigenvalue weighted by atomic mass is 16.7. The standard InChI is InChI=1S/C20H23N5O4/c1-4-16(28-5-2)29-18-17-15(24-19(21)25-18)11-10-14(23-17)12-6-8-13(9-7-12)22-20(26)27-3/h6-11,16H,4-5H2,1-3H3,(H,22,26)(H2,21,24,25). The van der Waals surface area contributed by atoms with Crippen LogP contribution in [0.25, 0.3) is 22.3 Å². The van der Waals surface area contributed by atoms with Crippen LogP contribution in [0.4, 0.5) is 16.4 Å². The third kappa shape index (κ3) is 4.88. The Kier molecular flexibility index (Phi) is 6.40. The predicted octanol–water partition coefficient (Wildman–Crippen LogP) is 3.60. The third-order valence-electron chi connectivity index (χ3n) is 4.07. The number of hydrogen-bond donors (Lipinski definition) is 2. The van der Waals surface area contributed by atoms with Gasteiger partial charge in [0.2, 0.25) is 18.1 Å². The van der Waals surface area contributed by atoms with Crippen LogP contribution < -0.4 is 15.8 Å². The number of benzene rings is 1. The molecule has 3 rings (SSSR count). The van der Waals surface area contributed by atoms with Crippen molar-refractivity contribution in [2.24, 2.45) is 0 Å². The summed E-state index contributed by atoms with van der Waals surface area (Å²) in [5, 5.41) is 2.61. The van der Waals surface area contributed by atoms with Crippen LogP contribution in [-0.4, -0.2) is 41.1 Å². The zero-order valence-electron chi connectivity index (χ0n) is 16.5. The van der Waals surface area contributed by atoms with Gasteiger partial charge in [0, 0.05) is 24.3 Å². The van der Waals surface area contributed by atoms with Crippen LogP contribution in [-0.2, 0) is 9.47 Å². The number of ether oxygens (including phenoxy) is 3. The lowest BCUT2D eigenvalue weighted by molar-refractivity contribution is -0.0781. The summed E-state index contributed by atoms with van der Waals surface area (Å²) in [5.41, 5.74) is 9.05. The molecule has 0 bridgehead atoms. The summed E-state index contributed by atoms with van der Waals surface area (Å²) < 4.78 is 16.0. The van der Waals surface area contributed by atoms with Crippen LogP contribution in [0.2, 0.25) is 0 Å². The molecule has 152 valence electrons. The van der Waals surface area contributed by atoms with Crippen molar-refractivity contribution in [3.8, 4) is 17.1 Å². The van der Waals surface area contributed by atoms with Gasteiger partial charge in [0.15, 0.2) is 5.52 Å². The van der Waals surface area contributed by atoms with Gasteiger partial charge in [-0.05, 0) is 31.2 Å². The zero-order chi connectivity index (χ0) is 20.8. The number of carbonyl (C=O) groups is 1. The second-order valence-corrected chi connectivity index (χ2v) is 6.06. The van der Waals surface area contributed by atoms with E-state index in [9.17, 15) is 4.79 Å². The summed E-state index contributed by atoms with van der Waals surface area (Å²) in [4.78, 5) is 24.4. The number of nitrogens with zero attached hydrogens (tertiary/aromatic N) is 3. The minimum absolute atomic E-state index is 0.103. The number of carbonyl (C=O) groups excluding carboxylic acids is 1. The summed E-state index contributed by atoms with van der Waals surface area (Å²) >= 11 is 0. The van der Waals surface area contributed by atoms with Gasteiger partial charge in [0.05, 0.1) is 18.3 Å². The van der Waals surface area contributed by atoms with Gasteiger partial charge in [-0.2, -0.15) is 4.98 Å². The van der Waals surface area contributed by atoms with Gasteiger partial charge >= 0.3 is 6.09 Å². The fourth-order valence-corrected chi connectivity index (χ4v) is 2.69. The van der Waals surface area contributed by atoms with Crippen molar-refractivity contribution in [2.45, 2.75) is 26.6 Å². The molecule has 0 saturated carbocycles. The van der Waals surface area contributed by atoms with Gasteiger partial charge in [-0.1, -0.05) is 19.1 Å². The molecule has 2 aromatic heterocycles. The van der Waals surface area contributed by atoms with Crippen molar-refractivity contribution in [3.63, 3.8) is 0 Å². The van der Waals surface area contributed by atoms with Gasteiger partial charge < -0.3 is 19.9 Å². The van der Waals surface area contributed by atoms with Gasteiger partial charge in [0.25, 0.3) is 0 Å². The molecule has 9 nitrogen and oxygen atoms in total. The molecule has 1 amide bonds. The summed E-state index contributed by atoms with van der Waals surface area (Å²) in [5.74, 6) is 0.380. The maximum Gasteiger partial charge on any atom is 0.411 e. The summed E-state index contributed by atoms with van der Waals surface area (Å²) in [6.07, 6.45) is -0.336. The largest absolute Gasteiger partial charge is 0.453 e. The molecule has 0 radical (unpaired) electrons. The molecule has 1 atom stereocenters. The maximum absolute atomic E-state index is 11.3. The van der Waals surface area contributed by atoms with E-state index in [-0.39, 0.29) is 11.8 Å². The third-order valence-corrected chi connectivity index (χ3v) is 4.07. The van der Waals surface area contributed by atoms with E-state index >= 15 is 0 Å². The molecule has 3 aromatic rings. The first kappa shape index (κ1) is 20.3. The summed E-state index contributed by atoms with van der Waals surface area (Å²) in [7, 11) is 1.31. The fraction of sp³-hybridized carbons (Fsp3) is 0.300. The van der Waals surface area contributed by atoms with Crippen LogP contribution in [0.1, 0.15) is 20.3 Å². The monoisotopic (exact) mass is 397 g/mol. The van der Waals surface area contributed by atoms with Crippen LogP contribution >= 0.6 is 0 Å². The Balaban J connectivity index is 1.95. The number of nitrogens with one attached hydrogen (secondary N) is 1. The highest BCUT2D eigenvalue weighted by Gasteiger charge is 2.15. The van der Waals surface area contributed by atoms with Gasteiger partial charge in [0.1, 0.15) is 0 Å². The topological polar surface area (TPSA) is 121 Å². The Labute approximate surface area is 168 Å². The number of nitrogen functional groups attached to an aromatic ring is 1. The lowest BCUT2D eigenvalue weighted by Gasteiger charge is -2.17. The number of anilines is 2. The summed E-state index contributed by atoms with van der Waals surface area (Å²) in [6.45, 7) is 4.37. The normalized spacial score (nSPS) is 11.8. The molecule has 9 heteroatoms. The molecule has 29 heavy (non-hydrogen) atoms. The minimum atomic E-state index is -0.530. The molecule has 0 saturated heterocycles. The molecule has 2 heterocycles. The van der Waals surface area contributed by atoms with Crippen molar-refractivity contribution in [1.82, 2.24) is 15.0 Å². The van der Waals surface area contributed by atoms with E-state index in [0.29, 0.717) is 35.4 Å². The van der Waals surface area contributed by atoms with Crippen molar-refractivity contribution >= 4 is 28.8 Å². The number of nitrogens with two attached hydrogens (primary N) is 1. The molecule has 0 aliphatic rings. The molecular weight excluding hydrogens is 374 g/mol. The van der Waals surface area contributed by atoms with Crippen LogP contribution in [0.5, 0.6) is 5.88 Å². The molecule has 0 aliphatic carbocycles. The van der Waals surface area contributed by atoms with Crippen molar-refractivity contribution in [3.05, 3.63) is 36.4 Å². The van der Waals surface area contributed by atoms with E-state index < -0.39 is 12.4 Å². The molecule has 0 fully saturated rings. The van der Waals surface area contributed by atoms with Crippen LogP contribution in [0.15, 0.2) is 36.4 Å². The van der Waals surface area contributed by atoms with E-state index in [2.05, 4.69) is 25.0 Å². The van der Waals surface area contributed by atoms with Crippen molar-refractivity contribution in [2.75, 3.05) is 24.8 Å². The van der Waals surface area contributed by atoms with Crippen LogP contribution in [0, 0.1) is 0 Å². The molecule has 0 aliphatic heterocycles. The van der Waals surface area contributed by atoms with E-state index in [1.54, 1.807) is 12.1 Å². The molecule has 1 aromatic carbocycles. The second kappa shape index (κ2) is 9.16. The Morgan fingerprint density at radius 2 is 1.86 bits per heavy atom. The average Bonchev–Trinajstić information content (AvgIpc) is 2.73. The number of methoxy groups -OCH3 is 1. The first-order valence-electron chi connectivity index (χ1n) is 9.22. The van der Waals surface area contributed by atoms with E-state index in [4.69, 9.17) is 15.2 Å². The molecule has 3 N–H and O–H groups in total. The van der Waals surface area contributed by atoms with Crippen LogP contribution in [0.3, 0.4) is 0 Å². The molecule has 0 spiro atoms. The number of amides is 1. The Morgan fingerprint density at radius 3 is 2.52 bits per heavy atom. The number of hydrogen-bond acceptors (Lipinski definition) is 8. The fourth-order valence-electron chi connectivity index (χ4n) is 2.69. The smallest absolute Gasteiger partial charge is 0.411 e. The number of pyridine rings is 1. The van der Waals surface area contributed by atoms with Gasteiger partial charge in [-0.25, -0.2) is 14.8 Å². The number of rotatable bonds is 7.